The second-order valence-corrected chi connectivity index (χ2v) is 2.52. The van der Waals surface area contributed by atoms with Gasteiger partial charge in [-0.3, -0.25) is 0 Å². The van der Waals surface area contributed by atoms with Gasteiger partial charge in [-0.25, -0.2) is 0 Å². The third-order valence-electron chi connectivity index (χ3n) is 0. The van der Waals surface area contributed by atoms with Crippen LogP contribution in [-0.2, 0) is 55.7 Å². The third-order valence-corrected chi connectivity index (χ3v) is 0. The minimum absolute atomic E-state index is 0. The molecule has 14 heteroatoms. The molecule has 0 saturated carbocycles. The maximum atomic E-state index is 8.54. The summed E-state index contributed by atoms with van der Waals surface area (Å²) in [6.07, 6.45) is 0. The van der Waals surface area contributed by atoms with E-state index in [9.17, 15) is 0 Å². The SMILES string of the molecule is [Gd+3].[Gd+3].[O]=[Cr]([O-])[O-].[O]=[Cr]([O-])[O-].[O]=[Cr]([O-])[O-]. The van der Waals surface area contributed by atoms with Crippen LogP contribution in [0.1, 0.15) is 0 Å². The second-order valence-electron chi connectivity index (χ2n) is 0.612. The Morgan fingerprint density at radius 3 is 0.500 bits per heavy atom. The van der Waals surface area contributed by atoms with E-state index in [1.807, 2.05) is 0 Å². The zero-order valence-corrected chi connectivity index (χ0v) is 14.0. The van der Waals surface area contributed by atoms with Crippen LogP contribution in [0, 0.1) is 79.9 Å². The molecule has 0 aliphatic carbocycles. The van der Waals surface area contributed by atoms with Gasteiger partial charge in [-0.15, -0.1) is 0 Å². The van der Waals surface area contributed by atoms with Crippen molar-refractivity contribution >= 4 is 0 Å². The fourth-order valence-corrected chi connectivity index (χ4v) is 0. The van der Waals surface area contributed by atoms with Crippen molar-refractivity contribution in [2.45, 2.75) is 0 Å². The van der Waals surface area contributed by atoms with E-state index in [-0.39, 0.29) is 79.9 Å². The van der Waals surface area contributed by atoms with Gasteiger partial charge < -0.3 is 0 Å². The zero-order chi connectivity index (χ0) is 10.7. The van der Waals surface area contributed by atoms with Gasteiger partial charge in [0.1, 0.15) is 0 Å². The monoisotopic (exact) mass is 616 g/mol. The van der Waals surface area contributed by atoms with E-state index >= 15 is 0 Å². The summed E-state index contributed by atoms with van der Waals surface area (Å²) >= 11 is -11.4. The van der Waals surface area contributed by atoms with E-state index in [0.717, 1.165) is 0 Å². The van der Waals surface area contributed by atoms with E-state index in [1.54, 1.807) is 0 Å². The van der Waals surface area contributed by atoms with Crippen LogP contribution in [0.5, 0.6) is 0 Å². The van der Waals surface area contributed by atoms with Gasteiger partial charge in [0.05, 0.1) is 0 Å². The molecule has 0 spiro atoms. The molecule has 0 N–H and O–H groups in total. The van der Waals surface area contributed by atoms with Crippen molar-refractivity contribution in [3.05, 3.63) is 0 Å². The summed E-state index contributed by atoms with van der Waals surface area (Å²) in [6.45, 7) is 0. The normalized spacial score (nSPS) is 7.50. The Balaban J connectivity index is -0.0000000270. The first-order chi connectivity index (χ1) is 5.20. The van der Waals surface area contributed by atoms with Crippen molar-refractivity contribution < 1.29 is 160 Å². The summed E-state index contributed by atoms with van der Waals surface area (Å²) in [5, 5.41) is 0. The summed E-state index contributed by atoms with van der Waals surface area (Å²) in [4.78, 5) is 0. The van der Waals surface area contributed by atoms with Gasteiger partial charge in [-0.2, -0.15) is 0 Å². The molecular weight excluding hydrogens is 614 g/mol. The van der Waals surface area contributed by atoms with Gasteiger partial charge in [0.2, 0.25) is 0 Å². The van der Waals surface area contributed by atoms with Gasteiger partial charge in [0, 0.05) is 0 Å². The molecule has 0 unspecified atom stereocenters. The molecule has 88 valence electrons. The predicted molar refractivity (Wildman–Crippen MR) is 2.06 cm³/mol. The Bertz CT molecular complexity index is 116. The van der Waals surface area contributed by atoms with Crippen LogP contribution in [0.2, 0.25) is 0 Å². The van der Waals surface area contributed by atoms with Gasteiger partial charge in [0.25, 0.3) is 0 Å². The molecule has 0 bridgehead atoms. The Morgan fingerprint density at radius 2 is 0.500 bits per heavy atom. The average molecular weight is 614 g/mol. The molecule has 0 saturated heterocycles. The summed E-state index contributed by atoms with van der Waals surface area (Å²) < 4.78 is 76.9. The van der Waals surface area contributed by atoms with Crippen LogP contribution in [0.3, 0.4) is 0 Å². The molecule has 0 aliphatic rings. The standard InChI is InChI=1S/3Cr.2Gd.9O/q;;;2*+3;;;;6*-1. The Morgan fingerprint density at radius 1 is 0.500 bits per heavy atom. The van der Waals surface area contributed by atoms with Crippen molar-refractivity contribution in [3.63, 3.8) is 0 Å². The molecule has 0 aromatic rings. The van der Waals surface area contributed by atoms with Crippen molar-refractivity contribution in [1.82, 2.24) is 0 Å². The van der Waals surface area contributed by atoms with E-state index in [1.165, 1.54) is 0 Å². The fourth-order valence-electron chi connectivity index (χ4n) is 0. The Kier molecular flexibility index (Phi) is 55.0. The van der Waals surface area contributed by atoms with E-state index in [4.69, 9.17) is 36.4 Å². The first-order valence-electron chi connectivity index (χ1n) is 1.50. The molecule has 9 nitrogen and oxygen atoms in total. The Hall–Kier alpha value is 3.41. The molecule has 0 heterocycles. The van der Waals surface area contributed by atoms with Crippen LogP contribution in [0.15, 0.2) is 0 Å². The van der Waals surface area contributed by atoms with Crippen LogP contribution >= 0.6 is 0 Å². The quantitative estimate of drug-likeness (QED) is 0.255. The van der Waals surface area contributed by atoms with Crippen LogP contribution in [-0.4, -0.2) is 0 Å². The molecule has 0 atom stereocenters. The molecule has 0 amide bonds. The predicted octanol–water partition coefficient (Wildman–Crippen LogP) is -7.50. The second kappa shape index (κ2) is 25.3. The summed E-state index contributed by atoms with van der Waals surface area (Å²) in [5.74, 6) is 0. The van der Waals surface area contributed by atoms with Crippen molar-refractivity contribution in [2.75, 3.05) is 0 Å². The number of hydrogen-bond donors (Lipinski definition) is 0. The van der Waals surface area contributed by atoms with E-state index in [0.29, 0.717) is 0 Å². The third kappa shape index (κ3) is 276. The zero-order valence-electron chi connectivity index (χ0n) is 5.61. The van der Waals surface area contributed by atoms with E-state index < -0.39 is 44.3 Å². The van der Waals surface area contributed by atoms with Gasteiger partial charge in [0.15, 0.2) is 0 Å². The summed E-state index contributed by atoms with van der Waals surface area (Å²) in [5.41, 5.74) is 0. The first-order valence-corrected chi connectivity index (χ1v) is 6.18. The molecule has 0 aromatic carbocycles. The molecular formula is Cr3Gd2O9. The van der Waals surface area contributed by atoms with Crippen LogP contribution in [0.25, 0.3) is 0 Å². The molecule has 0 aromatic heterocycles. The molecule has 0 aliphatic heterocycles. The summed E-state index contributed by atoms with van der Waals surface area (Å²) in [7, 11) is 0. The van der Waals surface area contributed by atoms with Gasteiger partial charge in [-0.1, -0.05) is 0 Å². The number of rotatable bonds is 0. The fraction of sp³-hybridized carbons (Fsp3) is 0. The summed E-state index contributed by atoms with van der Waals surface area (Å²) in [6, 6.07) is 0. The molecule has 2 radical (unpaired) electrons. The van der Waals surface area contributed by atoms with Crippen molar-refractivity contribution in [2.24, 2.45) is 0 Å². The van der Waals surface area contributed by atoms with Crippen LogP contribution < -0.4 is 24.9 Å². The van der Waals surface area contributed by atoms with Crippen molar-refractivity contribution in [1.29, 1.82) is 0 Å². The van der Waals surface area contributed by atoms with E-state index in [2.05, 4.69) is 0 Å². The number of hydrogen-bond acceptors (Lipinski definition) is 9. The van der Waals surface area contributed by atoms with Gasteiger partial charge in [-0.05, 0) is 0 Å². The van der Waals surface area contributed by atoms with Crippen molar-refractivity contribution in [3.8, 4) is 0 Å². The molecule has 0 rings (SSSR count). The molecule has 0 fully saturated rings. The minimum atomic E-state index is -3.79. The topological polar surface area (TPSA) is 190 Å². The first kappa shape index (κ1) is 30.4. The average Bonchev–Trinajstić information content (AvgIpc) is 1.54. The Labute approximate surface area is 157 Å². The maximum absolute atomic E-state index is 8.54. The van der Waals surface area contributed by atoms with Crippen LogP contribution in [0.4, 0.5) is 0 Å². The van der Waals surface area contributed by atoms with Gasteiger partial charge >= 0.3 is 160 Å². The molecule has 14 heavy (non-hydrogen) atoms.